The monoisotopic (exact) mass is 362 g/mol. The molecule has 0 spiro atoms. The Balaban J connectivity index is 1.29. The first-order chi connectivity index (χ1) is 13.3. The number of hydrogen-bond donors (Lipinski definition) is 0. The number of nitrogens with zero attached hydrogens (tertiary/aromatic N) is 2. The summed E-state index contributed by atoms with van der Waals surface area (Å²) < 4.78 is 16.2. The molecule has 5 rings (SSSR count). The highest BCUT2D eigenvalue weighted by molar-refractivity contribution is 5.79. The van der Waals surface area contributed by atoms with Crippen LogP contribution in [-0.2, 0) is 24.2 Å². The molecule has 136 valence electrons. The SMILES string of the molecule is O=C(Cc1cc(-c2ccc3c(c2)OCO3)on1)N1CCc2ccccc2C1. The molecule has 6 nitrogen and oxygen atoms in total. The zero-order valence-corrected chi connectivity index (χ0v) is 14.7. The fraction of sp³-hybridized carbons (Fsp3) is 0.238. The first-order valence-electron chi connectivity index (χ1n) is 8.96. The Kier molecular flexibility index (Phi) is 3.81. The average Bonchev–Trinajstić information content (AvgIpc) is 3.36. The second-order valence-electron chi connectivity index (χ2n) is 6.76. The van der Waals surface area contributed by atoms with E-state index >= 15 is 0 Å². The zero-order valence-electron chi connectivity index (χ0n) is 14.7. The van der Waals surface area contributed by atoms with Crippen LogP contribution in [0, 0.1) is 0 Å². The standard InChI is InChI=1S/C21H18N2O4/c24-21(23-8-7-14-3-1-2-4-16(14)12-23)11-17-10-19(27-22-17)15-5-6-18-20(9-15)26-13-25-18/h1-6,9-10H,7-8,11-13H2. The topological polar surface area (TPSA) is 64.8 Å². The molecule has 0 bridgehead atoms. The molecule has 2 aliphatic rings. The number of carbonyl (C=O) groups is 1. The van der Waals surface area contributed by atoms with Crippen LogP contribution in [-0.4, -0.2) is 29.3 Å². The van der Waals surface area contributed by atoms with Gasteiger partial charge in [0.1, 0.15) is 0 Å². The summed E-state index contributed by atoms with van der Waals surface area (Å²) >= 11 is 0. The Morgan fingerprint density at radius 1 is 1.04 bits per heavy atom. The van der Waals surface area contributed by atoms with Crippen molar-refractivity contribution in [3.63, 3.8) is 0 Å². The molecule has 1 aromatic heterocycles. The van der Waals surface area contributed by atoms with Crippen molar-refractivity contribution in [2.24, 2.45) is 0 Å². The molecule has 0 fully saturated rings. The van der Waals surface area contributed by atoms with Crippen LogP contribution in [0.4, 0.5) is 0 Å². The van der Waals surface area contributed by atoms with E-state index in [1.54, 1.807) is 0 Å². The minimum Gasteiger partial charge on any atom is -0.454 e. The van der Waals surface area contributed by atoms with E-state index in [0.29, 0.717) is 23.7 Å². The maximum atomic E-state index is 12.7. The Labute approximate surface area is 156 Å². The lowest BCUT2D eigenvalue weighted by atomic mass is 9.99. The molecule has 0 atom stereocenters. The molecule has 6 heteroatoms. The summed E-state index contributed by atoms with van der Waals surface area (Å²) in [6.45, 7) is 1.62. The number of ether oxygens (including phenoxy) is 2. The van der Waals surface area contributed by atoms with Gasteiger partial charge in [-0.2, -0.15) is 0 Å². The van der Waals surface area contributed by atoms with Crippen LogP contribution in [0.1, 0.15) is 16.8 Å². The van der Waals surface area contributed by atoms with E-state index in [1.165, 1.54) is 11.1 Å². The molecular formula is C21H18N2O4. The van der Waals surface area contributed by atoms with E-state index in [4.69, 9.17) is 14.0 Å². The Morgan fingerprint density at radius 3 is 2.81 bits per heavy atom. The summed E-state index contributed by atoms with van der Waals surface area (Å²) in [5, 5.41) is 4.07. The average molecular weight is 362 g/mol. The highest BCUT2D eigenvalue weighted by atomic mass is 16.7. The van der Waals surface area contributed by atoms with Crippen molar-refractivity contribution in [1.82, 2.24) is 10.1 Å². The molecule has 1 amide bonds. The fourth-order valence-corrected chi connectivity index (χ4v) is 3.56. The number of hydrogen-bond acceptors (Lipinski definition) is 5. The molecule has 0 saturated heterocycles. The molecule has 0 radical (unpaired) electrons. The van der Waals surface area contributed by atoms with Crippen molar-refractivity contribution in [2.75, 3.05) is 13.3 Å². The maximum Gasteiger partial charge on any atom is 0.231 e. The van der Waals surface area contributed by atoms with Crippen LogP contribution in [0.3, 0.4) is 0 Å². The molecule has 0 saturated carbocycles. The van der Waals surface area contributed by atoms with Crippen molar-refractivity contribution in [1.29, 1.82) is 0 Å². The Morgan fingerprint density at radius 2 is 1.89 bits per heavy atom. The third kappa shape index (κ3) is 3.03. The van der Waals surface area contributed by atoms with Crippen molar-refractivity contribution >= 4 is 5.91 Å². The largest absolute Gasteiger partial charge is 0.454 e. The lowest BCUT2D eigenvalue weighted by Crippen LogP contribution is -2.36. The third-order valence-electron chi connectivity index (χ3n) is 5.03. The summed E-state index contributed by atoms with van der Waals surface area (Å²) in [6, 6.07) is 15.7. The van der Waals surface area contributed by atoms with Gasteiger partial charge < -0.3 is 18.9 Å². The van der Waals surface area contributed by atoms with Crippen molar-refractivity contribution in [2.45, 2.75) is 19.4 Å². The van der Waals surface area contributed by atoms with Crippen molar-refractivity contribution < 1.29 is 18.8 Å². The minimum absolute atomic E-state index is 0.0649. The first kappa shape index (κ1) is 15.9. The molecule has 0 unspecified atom stereocenters. The van der Waals surface area contributed by atoms with Gasteiger partial charge in [0.15, 0.2) is 17.3 Å². The van der Waals surface area contributed by atoms with E-state index in [2.05, 4.69) is 17.3 Å². The number of benzene rings is 2. The van der Waals surface area contributed by atoms with E-state index in [1.807, 2.05) is 41.3 Å². The molecule has 27 heavy (non-hydrogen) atoms. The Bertz CT molecular complexity index is 1010. The van der Waals surface area contributed by atoms with E-state index < -0.39 is 0 Å². The van der Waals surface area contributed by atoms with Crippen molar-refractivity contribution in [3.8, 4) is 22.8 Å². The summed E-state index contributed by atoms with van der Waals surface area (Å²) in [5.74, 6) is 2.09. The van der Waals surface area contributed by atoms with Gasteiger partial charge in [0, 0.05) is 24.7 Å². The molecule has 3 aromatic rings. The summed E-state index contributed by atoms with van der Waals surface area (Å²) in [5.41, 5.74) is 4.02. The summed E-state index contributed by atoms with van der Waals surface area (Å²) in [6.07, 6.45) is 1.12. The number of aromatic nitrogens is 1. The molecule has 0 aliphatic carbocycles. The maximum absolute atomic E-state index is 12.7. The van der Waals surface area contributed by atoms with E-state index in [0.717, 1.165) is 24.3 Å². The van der Waals surface area contributed by atoms with E-state index in [9.17, 15) is 4.79 Å². The molecule has 0 N–H and O–H groups in total. The number of amides is 1. The molecule has 3 heterocycles. The predicted molar refractivity (Wildman–Crippen MR) is 97.3 cm³/mol. The van der Waals surface area contributed by atoms with Gasteiger partial charge in [0.05, 0.1) is 12.1 Å². The van der Waals surface area contributed by atoms with Crippen LogP contribution in [0.5, 0.6) is 11.5 Å². The zero-order chi connectivity index (χ0) is 18.2. The van der Waals surface area contributed by atoms with Gasteiger partial charge in [-0.25, -0.2) is 0 Å². The predicted octanol–water partition coefficient (Wildman–Crippen LogP) is 3.20. The second kappa shape index (κ2) is 6.46. The fourth-order valence-electron chi connectivity index (χ4n) is 3.56. The van der Waals surface area contributed by atoms with Crippen LogP contribution in [0.15, 0.2) is 53.1 Å². The summed E-state index contributed by atoms with van der Waals surface area (Å²) in [7, 11) is 0. The van der Waals surface area contributed by atoms with E-state index in [-0.39, 0.29) is 19.1 Å². The van der Waals surface area contributed by atoms with Crippen LogP contribution in [0.25, 0.3) is 11.3 Å². The van der Waals surface area contributed by atoms with Crippen LogP contribution in [0.2, 0.25) is 0 Å². The number of fused-ring (bicyclic) bond motifs is 2. The lowest BCUT2D eigenvalue weighted by molar-refractivity contribution is -0.131. The lowest BCUT2D eigenvalue weighted by Gasteiger charge is -2.28. The van der Waals surface area contributed by atoms with Gasteiger partial charge in [-0.1, -0.05) is 29.4 Å². The Hall–Kier alpha value is -3.28. The minimum atomic E-state index is 0.0649. The van der Waals surface area contributed by atoms with Crippen LogP contribution >= 0.6 is 0 Å². The van der Waals surface area contributed by atoms with Gasteiger partial charge in [0.2, 0.25) is 12.7 Å². The van der Waals surface area contributed by atoms with Gasteiger partial charge in [-0.15, -0.1) is 0 Å². The van der Waals surface area contributed by atoms with Gasteiger partial charge in [0.25, 0.3) is 0 Å². The van der Waals surface area contributed by atoms with Crippen LogP contribution < -0.4 is 9.47 Å². The molecule has 2 aliphatic heterocycles. The summed E-state index contributed by atoms with van der Waals surface area (Å²) in [4.78, 5) is 14.6. The van der Waals surface area contributed by atoms with Gasteiger partial charge in [-0.3, -0.25) is 4.79 Å². The normalized spacial score (nSPS) is 14.9. The smallest absolute Gasteiger partial charge is 0.231 e. The highest BCUT2D eigenvalue weighted by Crippen LogP contribution is 2.36. The molecular weight excluding hydrogens is 344 g/mol. The van der Waals surface area contributed by atoms with Crippen molar-refractivity contribution in [3.05, 3.63) is 65.4 Å². The first-order valence-corrected chi connectivity index (χ1v) is 8.96. The highest BCUT2D eigenvalue weighted by Gasteiger charge is 2.22. The number of rotatable bonds is 3. The number of carbonyl (C=O) groups excluding carboxylic acids is 1. The third-order valence-corrected chi connectivity index (χ3v) is 5.03. The van der Waals surface area contributed by atoms with Gasteiger partial charge >= 0.3 is 0 Å². The molecule has 2 aromatic carbocycles. The quantitative estimate of drug-likeness (QED) is 0.716. The van der Waals surface area contributed by atoms with Gasteiger partial charge in [-0.05, 0) is 35.7 Å². The second-order valence-corrected chi connectivity index (χ2v) is 6.76.